The number of hydrogen-bond acceptors (Lipinski definition) is 4. The molecule has 4 rings (SSSR count). The van der Waals surface area contributed by atoms with Gasteiger partial charge in [-0.15, -0.1) is 0 Å². The summed E-state index contributed by atoms with van der Waals surface area (Å²) in [6.07, 6.45) is 0.407. The maximum Gasteiger partial charge on any atom is 0.152 e. The van der Waals surface area contributed by atoms with E-state index in [-0.39, 0.29) is 43.1 Å². The molecule has 0 saturated carbocycles. The van der Waals surface area contributed by atoms with E-state index in [9.17, 15) is 20.4 Å². The molecule has 192 valence electrons. The van der Waals surface area contributed by atoms with Crippen molar-refractivity contribution in [1.29, 1.82) is 0 Å². The summed E-state index contributed by atoms with van der Waals surface area (Å²) >= 11 is 25.4. The third-order valence-corrected chi connectivity index (χ3v) is 8.18. The number of rotatable bonds is 6. The monoisotopic (exact) mass is 576 g/mol. The molecule has 0 saturated heterocycles. The van der Waals surface area contributed by atoms with E-state index in [2.05, 4.69) is 6.92 Å². The van der Waals surface area contributed by atoms with E-state index >= 15 is 0 Å². The first kappa shape index (κ1) is 27.3. The summed E-state index contributed by atoms with van der Waals surface area (Å²) < 4.78 is 0. The summed E-state index contributed by atoms with van der Waals surface area (Å²) in [5.74, 6) is -0.186. The van der Waals surface area contributed by atoms with Crippen LogP contribution in [0.1, 0.15) is 42.5 Å². The molecule has 37 heavy (non-hydrogen) atoms. The van der Waals surface area contributed by atoms with Gasteiger partial charge in [-0.05, 0) is 77.2 Å². The van der Waals surface area contributed by atoms with Crippen molar-refractivity contribution >= 4 is 46.4 Å². The Bertz CT molecular complexity index is 1300. The van der Waals surface area contributed by atoms with E-state index in [1.165, 1.54) is 0 Å². The average Bonchev–Trinajstić information content (AvgIpc) is 2.85. The minimum absolute atomic E-state index is 0.0840. The van der Waals surface area contributed by atoms with Crippen LogP contribution in [0.25, 0.3) is 0 Å². The Morgan fingerprint density at radius 1 is 0.486 bits per heavy atom. The van der Waals surface area contributed by atoms with E-state index in [1.807, 2.05) is 31.2 Å². The minimum Gasteiger partial charge on any atom is -0.508 e. The Labute approximate surface area is 235 Å². The predicted octanol–water partition coefficient (Wildman–Crippen LogP) is 8.82. The van der Waals surface area contributed by atoms with Gasteiger partial charge in [0, 0.05) is 10.8 Å². The van der Waals surface area contributed by atoms with Crippen LogP contribution in [0.4, 0.5) is 0 Å². The van der Waals surface area contributed by atoms with E-state index in [0.717, 1.165) is 11.1 Å². The molecule has 4 aromatic rings. The van der Waals surface area contributed by atoms with Crippen LogP contribution in [0.3, 0.4) is 0 Å². The van der Waals surface area contributed by atoms with Crippen molar-refractivity contribution < 1.29 is 20.4 Å². The zero-order valence-electron chi connectivity index (χ0n) is 19.9. The fraction of sp³-hybridized carbons (Fsp3) is 0.172. The Morgan fingerprint density at radius 2 is 0.757 bits per heavy atom. The number of halogens is 4. The molecule has 0 aliphatic rings. The van der Waals surface area contributed by atoms with Gasteiger partial charge in [0.1, 0.15) is 11.5 Å². The van der Waals surface area contributed by atoms with Crippen LogP contribution in [-0.4, -0.2) is 20.4 Å². The van der Waals surface area contributed by atoms with E-state index in [4.69, 9.17) is 46.4 Å². The van der Waals surface area contributed by atoms with Gasteiger partial charge < -0.3 is 20.4 Å². The average molecular weight is 578 g/mol. The molecular formula is C29H24Cl4O4. The van der Waals surface area contributed by atoms with Gasteiger partial charge >= 0.3 is 0 Å². The quantitative estimate of drug-likeness (QED) is 0.184. The van der Waals surface area contributed by atoms with Crippen LogP contribution in [0.5, 0.6) is 23.0 Å². The molecule has 0 aromatic heterocycles. The Hall–Kier alpha value is -2.76. The first-order valence-electron chi connectivity index (χ1n) is 11.3. The maximum absolute atomic E-state index is 10.2. The zero-order chi connectivity index (χ0) is 27.1. The normalized spacial score (nSPS) is 12.1. The van der Waals surface area contributed by atoms with Crippen molar-refractivity contribution in [3.63, 3.8) is 0 Å². The van der Waals surface area contributed by atoms with Gasteiger partial charge in [-0.25, -0.2) is 0 Å². The van der Waals surface area contributed by atoms with Crippen molar-refractivity contribution in [1.82, 2.24) is 0 Å². The number of benzene rings is 4. The SMILES string of the molecule is CC(CC(C)(c1cc(Cl)c(O)c(Cl)c1)c1cc(Cl)c(O)c(Cl)c1)(c1ccc(O)cc1)c1ccc(O)cc1. The fourth-order valence-corrected chi connectivity index (χ4v) is 5.85. The Morgan fingerprint density at radius 3 is 1.05 bits per heavy atom. The van der Waals surface area contributed by atoms with Crippen LogP contribution < -0.4 is 0 Å². The van der Waals surface area contributed by atoms with Crippen molar-refractivity contribution in [2.24, 2.45) is 0 Å². The zero-order valence-corrected chi connectivity index (χ0v) is 23.0. The third-order valence-electron chi connectivity index (χ3n) is 7.02. The van der Waals surface area contributed by atoms with Gasteiger partial charge in [0.15, 0.2) is 11.5 Å². The number of phenolic OH excluding ortho intramolecular Hbond substituents is 4. The summed E-state index contributed by atoms with van der Waals surface area (Å²) in [6.45, 7) is 4.03. The Kier molecular flexibility index (Phi) is 7.51. The maximum atomic E-state index is 10.2. The van der Waals surface area contributed by atoms with E-state index < -0.39 is 10.8 Å². The van der Waals surface area contributed by atoms with Gasteiger partial charge in [-0.1, -0.05) is 84.5 Å². The summed E-state index contributed by atoms with van der Waals surface area (Å²) in [6, 6.07) is 20.4. The highest BCUT2D eigenvalue weighted by Gasteiger charge is 2.41. The molecule has 0 spiro atoms. The second-order valence-electron chi connectivity index (χ2n) is 9.51. The molecule has 0 amide bonds. The molecule has 4 aromatic carbocycles. The second kappa shape index (κ2) is 10.2. The number of aromatic hydroxyl groups is 4. The van der Waals surface area contributed by atoms with Crippen molar-refractivity contribution in [3.05, 3.63) is 115 Å². The highest BCUT2D eigenvalue weighted by atomic mass is 35.5. The molecule has 0 aliphatic carbocycles. The van der Waals surface area contributed by atoms with Gasteiger partial charge in [-0.3, -0.25) is 0 Å². The van der Waals surface area contributed by atoms with Crippen LogP contribution in [-0.2, 0) is 10.8 Å². The lowest BCUT2D eigenvalue weighted by Gasteiger charge is -2.42. The standard InChI is InChI=1S/C29H24Cl4O4/c1-28(16-3-7-20(34)8-4-16,17-5-9-21(35)10-6-17)15-29(2,18-11-22(30)26(36)23(31)12-18)19-13-24(32)27(37)25(33)14-19/h3-14,34-37H,15H2,1-2H3. The first-order chi connectivity index (χ1) is 17.3. The summed E-state index contributed by atoms with van der Waals surface area (Å²) in [7, 11) is 0. The van der Waals surface area contributed by atoms with E-state index in [0.29, 0.717) is 17.5 Å². The smallest absolute Gasteiger partial charge is 0.152 e. The summed E-state index contributed by atoms with van der Waals surface area (Å²) in [5, 5.41) is 40.7. The van der Waals surface area contributed by atoms with Crippen LogP contribution in [0, 0.1) is 0 Å². The topological polar surface area (TPSA) is 80.9 Å². The predicted molar refractivity (Wildman–Crippen MR) is 150 cm³/mol. The van der Waals surface area contributed by atoms with E-state index in [1.54, 1.807) is 48.5 Å². The molecule has 0 bridgehead atoms. The van der Waals surface area contributed by atoms with Crippen molar-refractivity contribution in [3.8, 4) is 23.0 Å². The fourth-order valence-electron chi connectivity index (χ4n) is 4.88. The highest BCUT2D eigenvalue weighted by molar-refractivity contribution is 6.37. The molecule has 8 heteroatoms. The van der Waals surface area contributed by atoms with Crippen LogP contribution >= 0.6 is 46.4 Å². The molecule has 0 fully saturated rings. The summed E-state index contributed by atoms with van der Waals surface area (Å²) in [5.41, 5.74) is 1.60. The molecule has 0 unspecified atom stereocenters. The molecular weight excluding hydrogens is 554 g/mol. The minimum atomic E-state index is -0.869. The summed E-state index contributed by atoms with van der Waals surface area (Å²) in [4.78, 5) is 0. The molecule has 0 aliphatic heterocycles. The largest absolute Gasteiger partial charge is 0.508 e. The highest BCUT2D eigenvalue weighted by Crippen LogP contribution is 2.50. The van der Waals surface area contributed by atoms with Crippen LogP contribution in [0.2, 0.25) is 20.1 Å². The second-order valence-corrected chi connectivity index (χ2v) is 11.1. The van der Waals surface area contributed by atoms with Gasteiger partial charge in [0.25, 0.3) is 0 Å². The third kappa shape index (κ3) is 5.17. The molecule has 4 nitrogen and oxygen atoms in total. The van der Waals surface area contributed by atoms with Gasteiger partial charge in [0.2, 0.25) is 0 Å². The number of phenols is 4. The number of hydrogen-bond donors (Lipinski definition) is 4. The Balaban J connectivity index is 2.02. The molecule has 0 radical (unpaired) electrons. The lowest BCUT2D eigenvalue weighted by Crippen LogP contribution is -2.36. The first-order valence-corrected chi connectivity index (χ1v) is 12.8. The lowest BCUT2D eigenvalue weighted by atomic mass is 9.61. The molecule has 4 N–H and O–H groups in total. The molecule has 0 atom stereocenters. The van der Waals surface area contributed by atoms with Gasteiger partial charge in [-0.2, -0.15) is 0 Å². The molecule has 0 heterocycles. The van der Waals surface area contributed by atoms with Crippen molar-refractivity contribution in [2.45, 2.75) is 31.1 Å². The van der Waals surface area contributed by atoms with Crippen LogP contribution in [0.15, 0.2) is 72.8 Å². The van der Waals surface area contributed by atoms with Crippen molar-refractivity contribution in [2.75, 3.05) is 0 Å². The van der Waals surface area contributed by atoms with Gasteiger partial charge in [0.05, 0.1) is 20.1 Å². The lowest BCUT2D eigenvalue weighted by molar-refractivity contribution is 0.391.